The first-order valence-electron chi connectivity index (χ1n) is 13.9. The van der Waals surface area contributed by atoms with E-state index in [1.807, 2.05) is 64.1 Å². The lowest BCUT2D eigenvalue weighted by Gasteiger charge is -2.33. The Morgan fingerprint density at radius 1 is 0.927 bits per heavy atom. The second-order valence-corrected chi connectivity index (χ2v) is 12.2. The fraction of sp³-hybridized carbons (Fsp3) is 0.375. The van der Waals surface area contributed by atoms with E-state index in [4.69, 9.17) is 4.74 Å². The smallest absolute Gasteiger partial charge is 0.264 e. The molecule has 0 saturated heterocycles. The molecule has 3 aromatic rings. The summed E-state index contributed by atoms with van der Waals surface area (Å²) in [6.45, 7) is 8.99. The third-order valence-electron chi connectivity index (χ3n) is 7.14. The largest absolute Gasteiger partial charge is 0.495 e. The van der Waals surface area contributed by atoms with Gasteiger partial charge in [0, 0.05) is 12.6 Å². The number of amides is 2. The van der Waals surface area contributed by atoms with E-state index in [0.717, 1.165) is 27.4 Å². The van der Waals surface area contributed by atoms with Crippen LogP contribution in [0.25, 0.3) is 0 Å². The molecule has 0 aliphatic carbocycles. The summed E-state index contributed by atoms with van der Waals surface area (Å²) in [5.74, 6) is -0.466. The maximum atomic E-state index is 14.1. The minimum Gasteiger partial charge on any atom is -0.495 e. The van der Waals surface area contributed by atoms with Crippen molar-refractivity contribution in [1.82, 2.24) is 10.2 Å². The van der Waals surface area contributed by atoms with Crippen molar-refractivity contribution >= 4 is 27.5 Å². The zero-order valence-electron chi connectivity index (χ0n) is 24.8. The Morgan fingerprint density at radius 2 is 1.56 bits per heavy atom. The van der Waals surface area contributed by atoms with Gasteiger partial charge in [-0.25, -0.2) is 8.42 Å². The van der Waals surface area contributed by atoms with Gasteiger partial charge in [-0.2, -0.15) is 0 Å². The van der Waals surface area contributed by atoms with Gasteiger partial charge in [0.05, 0.1) is 17.7 Å². The van der Waals surface area contributed by atoms with Crippen LogP contribution >= 0.6 is 0 Å². The molecule has 0 radical (unpaired) electrons. The van der Waals surface area contributed by atoms with E-state index in [-0.39, 0.29) is 29.1 Å². The van der Waals surface area contributed by atoms with Crippen LogP contribution in [0.15, 0.2) is 77.7 Å². The molecule has 220 valence electrons. The Labute approximate surface area is 244 Å². The number of nitrogens with zero attached hydrogens (tertiary/aromatic N) is 2. The average molecular weight is 580 g/mol. The molecule has 3 aromatic carbocycles. The summed E-state index contributed by atoms with van der Waals surface area (Å²) in [6, 6.07) is 20.5. The van der Waals surface area contributed by atoms with Crippen LogP contribution in [0.4, 0.5) is 5.69 Å². The van der Waals surface area contributed by atoms with Gasteiger partial charge in [-0.3, -0.25) is 13.9 Å². The number of ether oxygens (including phenoxy) is 1. The van der Waals surface area contributed by atoms with Gasteiger partial charge in [0.25, 0.3) is 10.0 Å². The standard InChI is InChI=1S/C32H41N3O5S/c1-7-25(4)33-32(37)26(5)34(20-19-27-11-9-8-10-12-27)31(36)22-35(29-21-24(3)15-18-30(29)40-6)41(38,39)28-16-13-23(2)14-17-28/h8-18,21,25-26H,7,19-20,22H2,1-6H3,(H,33,37)/t25-,26+/m0/s1. The molecule has 0 fully saturated rings. The summed E-state index contributed by atoms with van der Waals surface area (Å²) in [4.78, 5) is 28.7. The van der Waals surface area contributed by atoms with E-state index >= 15 is 0 Å². The van der Waals surface area contributed by atoms with Crippen molar-refractivity contribution in [2.75, 3.05) is 24.5 Å². The van der Waals surface area contributed by atoms with E-state index in [1.54, 1.807) is 31.2 Å². The summed E-state index contributed by atoms with van der Waals surface area (Å²) in [5, 5.41) is 2.95. The quantitative estimate of drug-likeness (QED) is 0.311. The van der Waals surface area contributed by atoms with Crippen molar-refractivity contribution in [3.8, 4) is 5.75 Å². The van der Waals surface area contributed by atoms with Crippen molar-refractivity contribution in [1.29, 1.82) is 0 Å². The Kier molecular flexibility index (Phi) is 10.9. The van der Waals surface area contributed by atoms with E-state index in [0.29, 0.717) is 12.2 Å². The predicted molar refractivity (Wildman–Crippen MR) is 163 cm³/mol. The number of methoxy groups -OCH3 is 1. The number of carbonyl (C=O) groups excluding carboxylic acids is 2. The van der Waals surface area contributed by atoms with E-state index in [1.165, 1.54) is 24.1 Å². The Bertz CT molecular complexity index is 1430. The molecule has 8 nitrogen and oxygen atoms in total. The van der Waals surface area contributed by atoms with Gasteiger partial charge in [0.2, 0.25) is 11.8 Å². The molecule has 2 amide bonds. The van der Waals surface area contributed by atoms with Crippen LogP contribution in [0.1, 0.15) is 43.9 Å². The number of benzene rings is 3. The molecule has 3 rings (SSSR count). The molecule has 0 aliphatic heterocycles. The van der Waals surface area contributed by atoms with Crippen molar-refractivity contribution in [3.05, 3.63) is 89.5 Å². The highest BCUT2D eigenvalue weighted by Gasteiger charge is 2.34. The topological polar surface area (TPSA) is 96.0 Å². The fourth-order valence-corrected chi connectivity index (χ4v) is 5.80. The third kappa shape index (κ3) is 8.10. The number of hydrogen-bond donors (Lipinski definition) is 1. The van der Waals surface area contributed by atoms with Gasteiger partial charge in [-0.05, 0) is 75.9 Å². The van der Waals surface area contributed by atoms with Crippen LogP contribution in [-0.4, -0.2) is 57.4 Å². The average Bonchev–Trinajstić information content (AvgIpc) is 2.96. The van der Waals surface area contributed by atoms with Crippen LogP contribution < -0.4 is 14.4 Å². The zero-order valence-corrected chi connectivity index (χ0v) is 25.6. The van der Waals surface area contributed by atoms with Crippen molar-refractivity contribution in [2.24, 2.45) is 0 Å². The maximum absolute atomic E-state index is 14.1. The molecular weight excluding hydrogens is 538 g/mol. The lowest BCUT2D eigenvalue weighted by Crippen LogP contribution is -2.53. The molecule has 41 heavy (non-hydrogen) atoms. The molecule has 9 heteroatoms. The van der Waals surface area contributed by atoms with E-state index < -0.39 is 28.5 Å². The summed E-state index contributed by atoms with van der Waals surface area (Å²) in [6.07, 6.45) is 1.25. The fourth-order valence-electron chi connectivity index (χ4n) is 4.38. The van der Waals surface area contributed by atoms with Gasteiger partial charge in [0.1, 0.15) is 18.3 Å². The maximum Gasteiger partial charge on any atom is 0.264 e. The van der Waals surface area contributed by atoms with Crippen LogP contribution in [-0.2, 0) is 26.0 Å². The van der Waals surface area contributed by atoms with Crippen LogP contribution in [0.3, 0.4) is 0 Å². The predicted octanol–water partition coefficient (Wildman–Crippen LogP) is 4.88. The summed E-state index contributed by atoms with van der Waals surface area (Å²) >= 11 is 0. The number of hydrogen-bond acceptors (Lipinski definition) is 5. The number of sulfonamides is 1. The number of anilines is 1. The summed E-state index contributed by atoms with van der Waals surface area (Å²) in [5.41, 5.74) is 2.97. The SMILES string of the molecule is CC[C@H](C)NC(=O)[C@@H](C)N(CCc1ccccc1)C(=O)CN(c1cc(C)ccc1OC)S(=O)(=O)c1ccc(C)cc1. The first-order chi connectivity index (χ1) is 19.5. The minimum atomic E-state index is -4.18. The normalized spacial score (nSPS) is 12.7. The van der Waals surface area contributed by atoms with E-state index in [9.17, 15) is 18.0 Å². The lowest BCUT2D eigenvalue weighted by atomic mass is 10.1. The summed E-state index contributed by atoms with van der Waals surface area (Å²) < 4.78 is 34.7. The molecule has 0 aliphatic rings. The van der Waals surface area contributed by atoms with Crippen molar-refractivity contribution < 1.29 is 22.7 Å². The molecule has 0 heterocycles. The second kappa shape index (κ2) is 14.2. The molecule has 1 N–H and O–H groups in total. The van der Waals surface area contributed by atoms with Crippen molar-refractivity contribution in [2.45, 2.75) is 64.4 Å². The van der Waals surface area contributed by atoms with Crippen LogP contribution in [0.2, 0.25) is 0 Å². The van der Waals surface area contributed by atoms with Crippen LogP contribution in [0.5, 0.6) is 5.75 Å². The minimum absolute atomic E-state index is 0.0536. The highest BCUT2D eigenvalue weighted by Crippen LogP contribution is 2.33. The second-order valence-electron chi connectivity index (χ2n) is 10.3. The number of carbonyl (C=O) groups is 2. The molecule has 2 atom stereocenters. The zero-order chi connectivity index (χ0) is 30.2. The number of nitrogens with one attached hydrogen (secondary N) is 1. The molecule has 0 spiro atoms. The molecule has 0 saturated carbocycles. The highest BCUT2D eigenvalue weighted by molar-refractivity contribution is 7.92. The van der Waals surface area contributed by atoms with Crippen LogP contribution in [0, 0.1) is 13.8 Å². The molecular formula is C32H41N3O5S. The first-order valence-corrected chi connectivity index (χ1v) is 15.3. The first kappa shape index (κ1) is 31.7. The Morgan fingerprint density at radius 3 is 2.17 bits per heavy atom. The number of aryl methyl sites for hydroxylation is 2. The Hall–Kier alpha value is -3.85. The number of rotatable bonds is 13. The lowest BCUT2D eigenvalue weighted by molar-refractivity contribution is -0.139. The van der Waals surface area contributed by atoms with Crippen molar-refractivity contribution in [3.63, 3.8) is 0 Å². The molecule has 0 unspecified atom stereocenters. The van der Waals surface area contributed by atoms with Gasteiger partial charge in [0.15, 0.2) is 0 Å². The van der Waals surface area contributed by atoms with Gasteiger partial charge < -0.3 is 15.0 Å². The van der Waals surface area contributed by atoms with E-state index in [2.05, 4.69) is 5.32 Å². The molecule has 0 bridgehead atoms. The van der Waals surface area contributed by atoms with Gasteiger partial charge in [-0.15, -0.1) is 0 Å². The Balaban J connectivity index is 2.04. The van der Waals surface area contributed by atoms with Gasteiger partial charge in [-0.1, -0.05) is 61.0 Å². The third-order valence-corrected chi connectivity index (χ3v) is 8.92. The summed E-state index contributed by atoms with van der Waals surface area (Å²) in [7, 11) is -2.72. The molecule has 0 aromatic heterocycles. The highest BCUT2D eigenvalue weighted by atomic mass is 32.2. The monoisotopic (exact) mass is 579 g/mol. The van der Waals surface area contributed by atoms with Gasteiger partial charge >= 0.3 is 0 Å².